The third-order valence-corrected chi connectivity index (χ3v) is 8.27. The summed E-state index contributed by atoms with van der Waals surface area (Å²) >= 11 is 0. The maximum Gasteiger partial charge on any atom is 0.314 e. The Kier molecular flexibility index (Phi) is 4.24. The molecule has 3 heterocycles. The van der Waals surface area contributed by atoms with Crippen LogP contribution < -0.4 is 0 Å². The molecular formula is C22H29NO6. The van der Waals surface area contributed by atoms with Gasteiger partial charge >= 0.3 is 5.97 Å². The van der Waals surface area contributed by atoms with Crippen molar-refractivity contribution in [1.29, 1.82) is 0 Å². The number of hydrogen-bond acceptors (Lipinski definition) is 6. The van der Waals surface area contributed by atoms with Crippen LogP contribution in [0.2, 0.25) is 0 Å². The summed E-state index contributed by atoms with van der Waals surface area (Å²) in [6.45, 7) is 2.40. The molecule has 5 rings (SSSR count). The maximum absolute atomic E-state index is 14.2. The van der Waals surface area contributed by atoms with Crippen LogP contribution in [0.15, 0.2) is 12.2 Å². The van der Waals surface area contributed by atoms with Crippen molar-refractivity contribution in [3.05, 3.63) is 12.2 Å². The van der Waals surface area contributed by atoms with Gasteiger partial charge in [0.2, 0.25) is 5.60 Å². The molecule has 0 aromatic carbocycles. The van der Waals surface area contributed by atoms with Gasteiger partial charge in [0.1, 0.15) is 5.92 Å². The number of amides is 1. The fourth-order valence-corrected chi connectivity index (χ4v) is 6.94. The Morgan fingerprint density at radius 3 is 2.62 bits per heavy atom. The summed E-state index contributed by atoms with van der Waals surface area (Å²) in [7, 11) is 2.86. The van der Waals surface area contributed by atoms with Gasteiger partial charge in [-0.1, -0.05) is 31.9 Å². The highest BCUT2D eigenvalue weighted by Crippen LogP contribution is 2.57. The van der Waals surface area contributed by atoms with Crippen LogP contribution in [0.1, 0.15) is 39.0 Å². The number of Topliss-reactive ketones (excluding diaryl/α,β-unsaturated/α-hetero) is 1. The number of esters is 1. The molecule has 1 unspecified atom stereocenters. The summed E-state index contributed by atoms with van der Waals surface area (Å²) in [4.78, 5) is 41.9. The van der Waals surface area contributed by atoms with Crippen molar-refractivity contribution in [2.45, 2.75) is 56.5 Å². The third kappa shape index (κ3) is 2.13. The highest BCUT2D eigenvalue weighted by Gasteiger charge is 2.82. The van der Waals surface area contributed by atoms with Crippen LogP contribution >= 0.6 is 0 Å². The van der Waals surface area contributed by atoms with Crippen LogP contribution in [0.5, 0.6) is 0 Å². The molecule has 0 aromatic rings. The number of methoxy groups -OCH3 is 2. The summed E-state index contributed by atoms with van der Waals surface area (Å²) in [6, 6.07) is 0. The van der Waals surface area contributed by atoms with Gasteiger partial charge in [-0.15, -0.1) is 0 Å². The first-order valence-corrected chi connectivity index (χ1v) is 10.8. The Bertz CT molecular complexity index is 794. The molecule has 29 heavy (non-hydrogen) atoms. The van der Waals surface area contributed by atoms with Crippen molar-refractivity contribution >= 4 is 17.7 Å². The summed E-state index contributed by atoms with van der Waals surface area (Å²) < 4.78 is 17.2. The van der Waals surface area contributed by atoms with Gasteiger partial charge < -0.3 is 19.1 Å². The van der Waals surface area contributed by atoms with Crippen molar-refractivity contribution in [3.8, 4) is 0 Å². The molecule has 158 valence electrons. The molecule has 7 heteroatoms. The molecular weight excluding hydrogens is 374 g/mol. The van der Waals surface area contributed by atoms with E-state index in [9.17, 15) is 14.4 Å². The molecule has 3 aliphatic heterocycles. The minimum Gasteiger partial charge on any atom is -0.453 e. The molecule has 7 nitrogen and oxygen atoms in total. The number of ether oxygens (including phenoxy) is 3. The van der Waals surface area contributed by atoms with Crippen molar-refractivity contribution < 1.29 is 28.6 Å². The lowest BCUT2D eigenvalue weighted by molar-refractivity contribution is -0.181. The first-order chi connectivity index (χ1) is 13.9. The van der Waals surface area contributed by atoms with Crippen LogP contribution in [-0.2, 0) is 28.6 Å². The molecule has 5 aliphatic rings. The molecule has 1 amide bonds. The zero-order chi connectivity index (χ0) is 20.6. The minimum absolute atomic E-state index is 0.00325. The Morgan fingerprint density at radius 1 is 1.14 bits per heavy atom. The molecule has 0 bridgehead atoms. The smallest absolute Gasteiger partial charge is 0.314 e. The molecule has 2 aliphatic carbocycles. The average molecular weight is 403 g/mol. The standard InChI is InChI=1S/C22H29NO6/c1-12-8-9-13-6-4-5-7-14(13)16(12)17(24)21(27-2)19-22(28-3)15(18(25)29-19)10-11-23(22)20(21)26/h8-9,12-16,19H,4-7,10-11H2,1-3H3/t12-,13+,14-,15-,16?,19-,21-,22+/m0/s1. The molecule has 4 fully saturated rings. The number of nitrogens with zero attached hydrogens (tertiary/aromatic N) is 1. The molecule has 0 radical (unpaired) electrons. The quantitative estimate of drug-likeness (QED) is 0.404. The normalized spacial score (nSPS) is 47.9. The zero-order valence-electron chi connectivity index (χ0n) is 17.3. The molecule has 1 saturated carbocycles. The topological polar surface area (TPSA) is 82.1 Å². The highest BCUT2D eigenvalue weighted by atomic mass is 16.6. The van der Waals surface area contributed by atoms with Crippen LogP contribution in [0.3, 0.4) is 0 Å². The second-order valence-electron chi connectivity index (χ2n) is 9.26. The fraction of sp³-hybridized carbons (Fsp3) is 0.773. The fourth-order valence-electron chi connectivity index (χ4n) is 6.94. The van der Waals surface area contributed by atoms with Gasteiger partial charge in [0, 0.05) is 26.7 Å². The predicted molar refractivity (Wildman–Crippen MR) is 101 cm³/mol. The molecule has 0 N–H and O–H groups in total. The van der Waals surface area contributed by atoms with Gasteiger partial charge in [0.25, 0.3) is 5.91 Å². The highest BCUT2D eigenvalue weighted by molar-refractivity contribution is 6.14. The number of hydrogen-bond donors (Lipinski definition) is 0. The summed E-state index contributed by atoms with van der Waals surface area (Å²) in [5.74, 6) is -1.42. The number of carbonyl (C=O) groups excluding carboxylic acids is 3. The van der Waals surface area contributed by atoms with E-state index in [0.29, 0.717) is 18.9 Å². The Labute approximate surface area is 170 Å². The number of rotatable bonds is 4. The van der Waals surface area contributed by atoms with Crippen molar-refractivity contribution in [2.24, 2.45) is 29.6 Å². The van der Waals surface area contributed by atoms with Gasteiger partial charge in [-0.25, -0.2) is 0 Å². The summed E-state index contributed by atoms with van der Waals surface area (Å²) in [5.41, 5.74) is -3.06. The number of ketones is 1. The first kappa shape index (κ1) is 19.2. The summed E-state index contributed by atoms with van der Waals surface area (Å²) in [6.07, 6.45) is 8.06. The predicted octanol–water partition coefficient (Wildman–Crippen LogP) is 1.70. The van der Waals surface area contributed by atoms with E-state index in [4.69, 9.17) is 14.2 Å². The van der Waals surface area contributed by atoms with Gasteiger partial charge in [0.15, 0.2) is 17.6 Å². The second-order valence-corrected chi connectivity index (χ2v) is 9.26. The first-order valence-electron chi connectivity index (χ1n) is 10.8. The van der Waals surface area contributed by atoms with E-state index in [2.05, 4.69) is 12.2 Å². The van der Waals surface area contributed by atoms with Crippen molar-refractivity contribution in [3.63, 3.8) is 0 Å². The molecule has 0 spiro atoms. The third-order valence-electron chi connectivity index (χ3n) is 8.27. The molecule has 3 saturated heterocycles. The lowest BCUT2D eigenvalue weighted by Crippen LogP contribution is -2.61. The van der Waals surface area contributed by atoms with Crippen LogP contribution in [-0.4, -0.2) is 60.8 Å². The SMILES string of the molecule is CO[C@]1(C(=O)C2[C@H]3CCCC[C@@H]3C=C[C@@H]2C)C(=O)N2CC[C@H]3C(=O)O[C@@H]1[C@]32OC. The second kappa shape index (κ2) is 6.38. The van der Waals surface area contributed by atoms with E-state index in [0.717, 1.165) is 25.7 Å². The number of carbonyl (C=O) groups is 3. The van der Waals surface area contributed by atoms with E-state index >= 15 is 0 Å². The number of allylic oxidation sites excluding steroid dienone is 2. The van der Waals surface area contributed by atoms with E-state index in [1.807, 2.05) is 6.92 Å². The zero-order valence-corrected chi connectivity index (χ0v) is 17.3. The average Bonchev–Trinajstić information content (AvgIpc) is 3.32. The number of fused-ring (bicyclic) bond motifs is 1. The summed E-state index contributed by atoms with van der Waals surface area (Å²) in [5, 5.41) is 0. The lowest BCUT2D eigenvalue weighted by atomic mass is 9.61. The monoisotopic (exact) mass is 403 g/mol. The van der Waals surface area contributed by atoms with E-state index in [1.165, 1.54) is 19.1 Å². The minimum atomic E-state index is -1.83. The van der Waals surface area contributed by atoms with E-state index in [1.54, 1.807) is 0 Å². The Balaban J connectivity index is 1.60. The van der Waals surface area contributed by atoms with E-state index in [-0.39, 0.29) is 23.5 Å². The van der Waals surface area contributed by atoms with Gasteiger partial charge in [-0.2, -0.15) is 0 Å². The Hall–Kier alpha value is -1.73. The van der Waals surface area contributed by atoms with Gasteiger partial charge in [0.05, 0.1) is 0 Å². The van der Waals surface area contributed by atoms with Crippen molar-refractivity contribution in [2.75, 3.05) is 20.8 Å². The molecule has 0 aromatic heterocycles. The Morgan fingerprint density at radius 2 is 1.90 bits per heavy atom. The van der Waals surface area contributed by atoms with Crippen molar-refractivity contribution in [1.82, 2.24) is 4.90 Å². The lowest BCUT2D eigenvalue weighted by Gasteiger charge is -2.43. The van der Waals surface area contributed by atoms with Gasteiger partial charge in [-0.05, 0) is 37.0 Å². The van der Waals surface area contributed by atoms with Gasteiger partial charge in [-0.3, -0.25) is 14.4 Å². The van der Waals surface area contributed by atoms with Crippen LogP contribution in [0, 0.1) is 29.6 Å². The largest absolute Gasteiger partial charge is 0.453 e. The maximum atomic E-state index is 14.2. The van der Waals surface area contributed by atoms with Crippen LogP contribution in [0.25, 0.3) is 0 Å². The molecule has 8 atom stereocenters. The van der Waals surface area contributed by atoms with E-state index < -0.39 is 35.2 Å². The van der Waals surface area contributed by atoms with Crippen LogP contribution in [0.4, 0.5) is 0 Å².